The third-order valence-electron chi connectivity index (χ3n) is 0.0222. The van der Waals surface area contributed by atoms with Crippen molar-refractivity contribution in [2.75, 3.05) is 0 Å². The molecule has 0 saturated heterocycles. The fraction of sp³-hybridized carbons (Fsp3) is 0. The van der Waals surface area contributed by atoms with Crippen molar-refractivity contribution in [3.8, 4) is 0 Å². The molecule has 0 atom stereocenters. The van der Waals surface area contributed by atoms with Gasteiger partial charge in [-0.2, -0.15) is 0 Å². The van der Waals surface area contributed by atoms with E-state index in [1.807, 2.05) is 0 Å². The molecule has 0 aliphatic rings. The van der Waals surface area contributed by atoms with E-state index in [-0.39, 0.29) is 0 Å². The van der Waals surface area contributed by atoms with Gasteiger partial charge in [0.05, 0.1) is 0 Å². The predicted molar refractivity (Wildman–Crippen MR) is 4.86 cm³/mol. The van der Waals surface area contributed by atoms with E-state index in [9.17, 15) is 0 Å². The molecule has 4 heteroatoms. The van der Waals surface area contributed by atoms with Gasteiger partial charge in [-0.1, -0.05) is 0 Å². The molecular weight excluding hydrogens is 412 g/mol. The molecule has 0 aliphatic carbocycles. The number of rotatable bonds is 0. The molecule has 0 aromatic heterocycles. The number of nitrogens with zero attached hydrogens (tertiary/aromatic N) is 2. The van der Waals surface area contributed by atoms with Gasteiger partial charge in [0.2, 0.25) is 0 Å². The molecular formula is Ir2N2. The Labute approximate surface area is 45.9 Å². The van der Waals surface area contributed by atoms with Gasteiger partial charge < -0.3 is 0 Å². The summed E-state index contributed by atoms with van der Waals surface area (Å²) in [5.41, 5.74) is 0. The van der Waals surface area contributed by atoms with Crippen molar-refractivity contribution in [2.45, 2.75) is 0 Å². The molecule has 0 amide bonds. The SMILES string of the molecule is [Ir][N]=[N][Ir]. The molecule has 0 aliphatic heterocycles. The third kappa shape index (κ3) is 2.90. The number of hydrogen-bond donors (Lipinski definition) is 0. The Morgan fingerprint density at radius 2 is 1.25 bits per heavy atom. The molecule has 0 unspecified atom stereocenters. The van der Waals surface area contributed by atoms with Crippen LogP contribution < -0.4 is 0 Å². The van der Waals surface area contributed by atoms with Gasteiger partial charge in [-0.3, -0.25) is 0 Å². The normalized spacial score (nSPS) is 10.0. The zero-order valence-electron chi connectivity index (χ0n) is 1.56. The van der Waals surface area contributed by atoms with Crippen LogP contribution in [0.5, 0.6) is 0 Å². The Bertz CT molecular complexity index is 19.2. The molecule has 0 fully saturated rings. The van der Waals surface area contributed by atoms with Crippen molar-refractivity contribution in [1.29, 1.82) is 0 Å². The molecule has 4 heavy (non-hydrogen) atoms. The summed E-state index contributed by atoms with van der Waals surface area (Å²) in [5, 5.41) is 0. The molecule has 0 aromatic carbocycles. The molecule has 0 bridgehead atoms. The second-order valence-electron chi connectivity index (χ2n) is 0.133. The first kappa shape index (κ1) is 4.90. The van der Waals surface area contributed by atoms with Crippen LogP contribution in [-0.4, -0.2) is 0 Å². The molecule has 2 nitrogen and oxygen atoms in total. The van der Waals surface area contributed by atoms with Crippen molar-refractivity contribution in [3.63, 3.8) is 0 Å². The Morgan fingerprint density at radius 3 is 1.25 bits per heavy atom. The molecule has 0 spiro atoms. The minimum absolute atomic E-state index is 1.64. The fourth-order valence-electron chi connectivity index (χ4n) is 0. The molecule has 0 rings (SSSR count). The van der Waals surface area contributed by atoms with Crippen molar-refractivity contribution < 1.29 is 38.3 Å². The fourth-order valence-corrected chi connectivity index (χ4v) is 0. The zero-order valence-corrected chi connectivity index (χ0v) is 6.35. The molecule has 0 radical (unpaired) electrons. The van der Waals surface area contributed by atoms with Gasteiger partial charge in [0.25, 0.3) is 0 Å². The number of hydrogen-bond acceptors (Lipinski definition) is 2. The van der Waals surface area contributed by atoms with Gasteiger partial charge in [0, 0.05) is 0 Å². The van der Waals surface area contributed by atoms with Crippen molar-refractivity contribution in [1.82, 2.24) is 0 Å². The second-order valence-corrected chi connectivity index (χ2v) is 1.09. The maximum atomic E-state index is 3.36. The van der Waals surface area contributed by atoms with Crippen molar-refractivity contribution >= 4 is 0 Å². The first-order chi connectivity index (χ1) is 1.91. The van der Waals surface area contributed by atoms with Crippen LogP contribution in [0.25, 0.3) is 0 Å². The summed E-state index contributed by atoms with van der Waals surface area (Å²) in [4.78, 5) is 0. The Kier molecular flexibility index (Phi) is 4.77. The summed E-state index contributed by atoms with van der Waals surface area (Å²) < 4.78 is 6.72. The minimum atomic E-state index is 1.64. The van der Waals surface area contributed by atoms with E-state index >= 15 is 0 Å². The molecule has 0 aromatic rings. The van der Waals surface area contributed by atoms with Crippen LogP contribution in [0.1, 0.15) is 0 Å². The van der Waals surface area contributed by atoms with Crippen LogP contribution in [0.15, 0.2) is 7.57 Å². The third-order valence-corrected chi connectivity index (χ3v) is 1.49. The van der Waals surface area contributed by atoms with Gasteiger partial charge >= 0.3 is 45.9 Å². The molecule has 0 heterocycles. The van der Waals surface area contributed by atoms with E-state index in [0.717, 1.165) is 0 Å². The van der Waals surface area contributed by atoms with Gasteiger partial charge in [-0.05, 0) is 0 Å². The monoisotopic (exact) mass is 414 g/mol. The van der Waals surface area contributed by atoms with Crippen LogP contribution in [0.2, 0.25) is 0 Å². The van der Waals surface area contributed by atoms with E-state index < -0.39 is 0 Å². The Morgan fingerprint density at radius 1 is 1.00 bits per heavy atom. The summed E-state index contributed by atoms with van der Waals surface area (Å²) in [6.45, 7) is 0. The van der Waals surface area contributed by atoms with E-state index in [2.05, 4.69) is 7.57 Å². The Hall–Kier alpha value is 0.899. The summed E-state index contributed by atoms with van der Waals surface area (Å²) in [6, 6.07) is 0. The maximum absolute atomic E-state index is 3.36. The van der Waals surface area contributed by atoms with E-state index in [1.165, 1.54) is 0 Å². The summed E-state index contributed by atoms with van der Waals surface area (Å²) in [6.07, 6.45) is 0. The predicted octanol–water partition coefficient (Wildman–Crippen LogP) is 0.362. The standard InChI is InChI=1S/2Ir.N2/c;;1-2/q2*+1;-2. The van der Waals surface area contributed by atoms with Crippen molar-refractivity contribution in [2.24, 2.45) is 7.57 Å². The van der Waals surface area contributed by atoms with Crippen LogP contribution in [0.3, 0.4) is 0 Å². The van der Waals surface area contributed by atoms with Gasteiger partial charge in [-0.25, -0.2) is 0 Å². The Balaban J connectivity index is 2.55. The van der Waals surface area contributed by atoms with Gasteiger partial charge in [-0.15, -0.1) is 0 Å². The first-order valence-electron chi connectivity index (χ1n) is 0.498. The van der Waals surface area contributed by atoms with E-state index in [0.29, 0.717) is 0 Å². The van der Waals surface area contributed by atoms with Crippen LogP contribution in [0, 0.1) is 0 Å². The average molecular weight is 412 g/mol. The van der Waals surface area contributed by atoms with Gasteiger partial charge in [0.1, 0.15) is 0 Å². The summed E-state index contributed by atoms with van der Waals surface area (Å²) in [7, 11) is 0. The van der Waals surface area contributed by atoms with Crippen LogP contribution >= 0.6 is 0 Å². The topological polar surface area (TPSA) is 24.7 Å². The first-order valence-corrected chi connectivity index (χ1v) is 2.64. The molecule has 28 valence electrons. The van der Waals surface area contributed by atoms with E-state index in [1.54, 1.807) is 38.3 Å². The molecule has 0 N–H and O–H groups in total. The van der Waals surface area contributed by atoms with Gasteiger partial charge in [0.15, 0.2) is 0 Å². The van der Waals surface area contributed by atoms with Crippen LogP contribution in [-0.2, 0) is 38.3 Å². The molecule has 0 saturated carbocycles. The van der Waals surface area contributed by atoms with Crippen molar-refractivity contribution in [3.05, 3.63) is 0 Å². The van der Waals surface area contributed by atoms with Crippen LogP contribution in [0.4, 0.5) is 0 Å². The second kappa shape index (κ2) is 3.90. The quantitative estimate of drug-likeness (QED) is 0.514. The van der Waals surface area contributed by atoms with E-state index in [4.69, 9.17) is 0 Å². The zero-order chi connectivity index (χ0) is 3.41. The summed E-state index contributed by atoms with van der Waals surface area (Å²) in [5.74, 6) is 0. The summed E-state index contributed by atoms with van der Waals surface area (Å²) >= 11 is 3.28. The average Bonchev–Trinajstić information content (AvgIpc) is 1.37.